The summed E-state index contributed by atoms with van der Waals surface area (Å²) in [5.74, 6) is 6.37. The van der Waals surface area contributed by atoms with E-state index in [1.165, 1.54) is 5.56 Å². The van der Waals surface area contributed by atoms with Crippen molar-refractivity contribution in [1.29, 1.82) is 0 Å². The van der Waals surface area contributed by atoms with Gasteiger partial charge in [0.05, 0.1) is 6.54 Å². The van der Waals surface area contributed by atoms with E-state index in [4.69, 9.17) is 0 Å². The Morgan fingerprint density at radius 3 is 2.19 bits per heavy atom. The lowest BCUT2D eigenvalue weighted by Crippen LogP contribution is -2.39. The highest BCUT2D eigenvalue weighted by atomic mass is 14.9. The fraction of sp³-hybridized carbons (Fsp3) is 0.300. The van der Waals surface area contributed by atoms with Gasteiger partial charge in [-0.25, -0.2) is 0 Å². The van der Waals surface area contributed by atoms with Crippen LogP contribution in [0.5, 0.6) is 0 Å². The van der Waals surface area contributed by atoms with Crippen molar-refractivity contribution in [3.63, 3.8) is 0 Å². The summed E-state index contributed by atoms with van der Waals surface area (Å²) in [7, 11) is 0. The third kappa shape index (κ3) is 5.85. The van der Waals surface area contributed by atoms with Gasteiger partial charge in [-0.05, 0) is 44.4 Å². The SMILES string of the molecule is CC(C)(CCc1ccccc1)NCC#Cc1ccccc1. The lowest BCUT2D eigenvalue weighted by Gasteiger charge is -2.25. The van der Waals surface area contributed by atoms with E-state index in [1.807, 2.05) is 30.3 Å². The number of benzene rings is 2. The average molecular weight is 277 g/mol. The summed E-state index contributed by atoms with van der Waals surface area (Å²) in [4.78, 5) is 0. The molecular weight excluding hydrogens is 254 g/mol. The summed E-state index contributed by atoms with van der Waals surface area (Å²) >= 11 is 0. The van der Waals surface area contributed by atoms with E-state index >= 15 is 0 Å². The zero-order valence-corrected chi connectivity index (χ0v) is 12.9. The Bertz CT molecular complexity index is 588. The van der Waals surface area contributed by atoms with Crippen LogP contribution in [0, 0.1) is 11.8 Å². The molecule has 1 nitrogen and oxygen atoms in total. The topological polar surface area (TPSA) is 12.0 Å². The monoisotopic (exact) mass is 277 g/mol. The molecule has 0 radical (unpaired) electrons. The maximum atomic E-state index is 3.53. The minimum Gasteiger partial charge on any atom is -0.301 e. The number of hydrogen-bond acceptors (Lipinski definition) is 1. The van der Waals surface area contributed by atoms with Crippen molar-refractivity contribution < 1.29 is 0 Å². The lowest BCUT2D eigenvalue weighted by atomic mass is 9.95. The van der Waals surface area contributed by atoms with Crippen LogP contribution in [-0.2, 0) is 6.42 Å². The molecule has 0 saturated carbocycles. The standard InChI is InChI=1S/C20H23N/c1-20(2,16-15-19-12-7-4-8-13-19)21-17-9-14-18-10-5-3-6-11-18/h3-8,10-13,21H,15-17H2,1-2H3. The minimum absolute atomic E-state index is 0.0984. The summed E-state index contributed by atoms with van der Waals surface area (Å²) in [5.41, 5.74) is 2.56. The zero-order valence-electron chi connectivity index (χ0n) is 12.9. The number of nitrogens with one attached hydrogen (secondary N) is 1. The van der Waals surface area contributed by atoms with Gasteiger partial charge >= 0.3 is 0 Å². The highest BCUT2D eigenvalue weighted by Gasteiger charge is 2.15. The lowest BCUT2D eigenvalue weighted by molar-refractivity contribution is 0.381. The third-order valence-electron chi connectivity index (χ3n) is 3.54. The van der Waals surface area contributed by atoms with Crippen LogP contribution in [-0.4, -0.2) is 12.1 Å². The Hall–Kier alpha value is -2.04. The predicted octanol–water partition coefficient (Wildman–Crippen LogP) is 4.04. The summed E-state index contributed by atoms with van der Waals surface area (Å²) in [5, 5.41) is 3.53. The van der Waals surface area contributed by atoms with E-state index < -0.39 is 0 Å². The molecule has 0 fully saturated rings. The summed E-state index contributed by atoms with van der Waals surface area (Å²) in [6, 6.07) is 20.7. The van der Waals surface area contributed by atoms with Crippen molar-refractivity contribution in [1.82, 2.24) is 5.32 Å². The molecule has 2 aromatic carbocycles. The van der Waals surface area contributed by atoms with Gasteiger partial charge < -0.3 is 5.32 Å². The second-order valence-electron chi connectivity index (χ2n) is 5.89. The molecular formula is C20H23N. The zero-order chi connectivity index (χ0) is 15.0. The molecule has 1 N–H and O–H groups in total. The van der Waals surface area contributed by atoms with Gasteiger partial charge in [0.2, 0.25) is 0 Å². The van der Waals surface area contributed by atoms with Crippen molar-refractivity contribution in [3.8, 4) is 11.8 Å². The Morgan fingerprint density at radius 1 is 0.905 bits per heavy atom. The molecule has 0 unspecified atom stereocenters. The molecule has 108 valence electrons. The molecule has 0 atom stereocenters. The van der Waals surface area contributed by atoms with E-state index in [1.54, 1.807) is 0 Å². The fourth-order valence-electron chi connectivity index (χ4n) is 2.14. The van der Waals surface area contributed by atoms with Crippen LogP contribution in [0.15, 0.2) is 60.7 Å². The van der Waals surface area contributed by atoms with Gasteiger partial charge in [-0.1, -0.05) is 60.4 Å². The molecule has 21 heavy (non-hydrogen) atoms. The molecule has 0 aromatic heterocycles. The fourth-order valence-corrected chi connectivity index (χ4v) is 2.14. The molecule has 0 heterocycles. The van der Waals surface area contributed by atoms with E-state index in [0.717, 1.165) is 24.9 Å². The summed E-state index contributed by atoms with van der Waals surface area (Å²) < 4.78 is 0. The molecule has 0 aliphatic carbocycles. The Balaban J connectivity index is 1.78. The highest BCUT2D eigenvalue weighted by Crippen LogP contribution is 2.13. The van der Waals surface area contributed by atoms with Crippen molar-refractivity contribution in [2.75, 3.05) is 6.54 Å². The van der Waals surface area contributed by atoms with E-state index in [0.29, 0.717) is 0 Å². The van der Waals surface area contributed by atoms with Gasteiger partial charge in [0.15, 0.2) is 0 Å². The molecule has 0 aliphatic rings. The minimum atomic E-state index is 0.0984. The van der Waals surface area contributed by atoms with E-state index in [-0.39, 0.29) is 5.54 Å². The van der Waals surface area contributed by atoms with Crippen LogP contribution in [0.2, 0.25) is 0 Å². The predicted molar refractivity (Wildman–Crippen MR) is 90.2 cm³/mol. The van der Waals surface area contributed by atoms with Gasteiger partial charge in [-0.2, -0.15) is 0 Å². The Kier molecular flexibility index (Phi) is 5.60. The van der Waals surface area contributed by atoms with Gasteiger partial charge in [0.1, 0.15) is 0 Å². The third-order valence-corrected chi connectivity index (χ3v) is 3.54. The van der Waals surface area contributed by atoms with Gasteiger partial charge in [-0.15, -0.1) is 0 Å². The molecule has 2 aromatic rings. The van der Waals surface area contributed by atoms with Crippen LogP contribution < -0.4 is 5.32 Å². The van der Waals surface area contributed by atoms with E-state index in [9.17, 15) is 0 Å². The smallest absolute Gasteiger partial charge is 0.0584 e. The van der Waals surface area contributed by atoms with Gasteiger partial charge in [0.25, 0.3) is 0 Å². The van der Waals surface area contributed by atoms with Gasteiger partial charge in [-0.3, -0.25) is 0 Å². The van der Waals surface area contributed by atoms with Crippen LogP contribution in [0.3, 0.4) is 0 Å². The number of hydrogen-bond donors (Lipinski definition) is 1. The molecule has 1 heteroatoms. The van der Waals surface area contributed by atoms with Crippen LogP contribution in [0.25, 0.3) is 0 Å². The molecule has 2 rings (SSSR count). The Morgan fingerprint density at radius 2 is 1.52 bits per heavy atom. The van der Waals surface area contributed by atoms with Crippen molar-refractivity contribution >= 4 is 0 Å². The van der Waals surface area contributed by atoms with Crippen LogP contribution >= 0.6 is 0 Å². The first kappa shape index (κ1) is 15.4. The highest BCUT2D eigenvalue weighted by molar-refractivity contribution is 5.33. The van der Waals surface area contributed by atoms with Gasteiger partial charge in [0, 0.05) is 11.1 Å². The number of aryl methyl sites for hydroxylation is 1. The normalized spacial score (nSPS) is 10.8. The van der Waals surface area contributed by atoms with Crippen LogP contribution in [0.4, 0.5) is 0 Å². The maximum Gasteiger partial charge on any atom is 0.0584 e. The largest absolute Gasteiger partial charge is 0.301 e. The van der Waals surface area contributed by atoms with Crippen LogP contribution in [0.1, 0.15) is 31.4 Å². The second kappa shape index (κ2) is 7.67. The molecule has 0 amide bonds. The molecule has 0 aliphatic heterocycles. The molecule has 0 bridgehead atoms. The van der Waals surface area contributed by atoms with Crippen molar-refractivity contribution in [2.24, 2.45) is 0 Å². The summed E-state index contributed by atoms with van der Waals surface area (Å²) in [6.07, 6.45) is 2.19. The maximum absolute atomic E-state index is 3.53. The first-order valence-corrected chi connectivity index (χ1v) is 7.49. The second-order valence-corrected chi connectivity index (χ2v) is 5.89. The average Bonchev–Trinajstić information content (AvgIpc) is 2.52. The molecule has 0 saturated heterocycles. The van der Waals surface area contributed by atoms with Crippen molar-refractivity contribution in [2.45, 2.75) is 32.2 Å². The molecule has 0 spiro atoms. The van der Waals surface area contributed by atoms with E-state index in [2.05, 4.69) is 61.3 Å². The summed E-state index contributed by atoms with van der Waals surface area (Å²) in [6.45, 7) is 5.19. The first-order chi connectivity index (χ1) is 10.2. The quantitative estimate of drug-likeness (QED) is 0.813. The number of rotatable bonds is 5. The Labute approximate surface area is 128 Å². The first-order valence-electron chi connectivity index (χ1n) is 7.49. The van der Waals surface area contributed by atoms with Crippen molar-refractivity contribution in [3.05, 3.63) is 71.8 Å².